The molecule has 2 aliphatic rings. The van der Waals surface area contributed by atoms with E-state index in [0.29, 0.717) is 25.2 Å². The lowest BCUT2D eigenvalue weighted by Crippen LogP contribution is -2.61. The van der Waals surface area contributed by atoms with Gasteiger partial charge in [0.2, 0.25) is 5.91 Å². The number of methoxy groups -OCH3 is 1. The minimum Gasteiger partial charge on any atom is -0.453 e. The van der Waals surface area contributed by atoms with Gasteiger partial charge in [-0.1, -0.05) is 24.3 Å². The van der Waals surface area contributed by atoms with Crippen molar-refractivity contribution in [1.82, 2.24) is 20.2 Å². The topological polar surface area (TPSA) is 140 Å². The molecule has 13 heteroatoms. The summed E-state index contributed by atoms with van der Waals surface area (Å²) in [4.78, 5) is 35.3. The molecule has 0 bridgehead atoms. The molecular formula is C27H39BN4O7S. The number of nitrogens with one attached hydrogen (secondary N) is 2. The zero-order chi connectivity index (χ0) is 29.7. The molecule has 1 aromatic carbocycles. The highest BCUT2D eigenvalue weighted by Gasteiger charge is 2.52. The van der Waals surface area contributed by atoms with Crippen LogP contribution in [0.2, 0.25) is 0 Å². The van der Waals surface area contributed by atoms with Crippen LogP contribution in [-0.4, -0.2) is 84.3 Å². The van der Waals surface area contributed by atoms with Gasteiger partial charge in [-0.05, 0) is 65.4 Å². The Morgan fingerprint density at radius 2 is 1.77 bits per heavy atom. The highest BCUT2D eigenvalue weighted by Crippen LogP contribution is 2.37. The number of likely N-dealkylation sites (tertiary alicyclic amines) is 1. The van der Waals surface area contributed by atoms with Crippen molar-refractivity contribution in [3.05, 3.63) is 36.3 Å². The summed E-state index contributed by atoms with van der Waals surface area (Å²) in [5.74, 6) is 0.0814. The summed E-state index contributed by atoms with van der Waals surface area (Å²) in [5, 5.41) is 2.45. The number of carbonyl (C=O) groups excluding carboxylic acids is 2. The van der Waals surface area contributed by atoms with Crippen molar-refractivity contribution in [3.8, 4) is 11.3 Å². The lowest BCUT2D eigenvalue weighted by Gasteiger charge is -2.36. The molecule has 0 aliphatic carbocycles. The number of imidazole rings is 1. The first kappa shape index (κ1) is 30.1. The summed E-state index contributed by atoms with van der Waals surface area (Å²) in [7, 11) is -3.02. The summed E-state index contributed by atoms with van der Waals surface area (Å²) >= 11 is 0. The first-order chi connectivity index (χ1) is 18.5. The van der Waals surface area contributed by atoms with Crippen molar-refractivity contribution in [3.63, 3.8) is 0 Å². The smallest absolute Gasteiger partial charge is 0.453 e. The Morgan fingerprint density at radius 3 is 2.33 bits per heavy atom. The standard InChI is InChI=1S/C27H39BN4O7S/c1-25(2,40(8,35)36)21(31-24(34)37-7)23(33)32-15-9-10-20(32)22-29-16-19(30-22)17-11-13-18(14-12-17)28-38-26(3,4)27(5,6)39-28/h11-14,16,20-21H,9-10,15H2,1-8H3,(H,29,30)(H,31,34)/t20-,21-/m0/s1. The van der Waals surface area contributed by atoms with Gasteiger partial charge in [0.25, 0.3) is 0 Å². The van der Waals surface area contributed by atoms with E-state index < -0.39 is 57.0 Å². The average molecular weight is 575 g/mol. The van der Waals surface area contributed by atoms with Crippen LogP contribution in [0.1, 0.15) is 66.3 Å². The van der Waals surface area contributed by atoms with E-state index >= 15 is 0 Å². The molecule has 2 saturated heterocycles. The van der Waals surface area contributed by atoms with Crippen LogP contribution < -0.4 is 10.8 Å². The van der Waals surface area contributed by atoms with Crippen LogP contribution in [0.5, 0.6) is 0 Å². The second-order valence-electron chi connectivity index (χ2n) is 12.0. The molecule has 2 N–H and O–H groups in total. The third-order valence-electron chi connectivity index (χ3n) is 8.54. The van der Waals surface area contributed by atoms with Crippen LogP contribution >= 0.6 is 0 Å². The number of carbonyl (C=O) groups is 2. The van der Waals surface area contributed by atoms with Crippen LogP contribution in [0.4, 0.5) is 4.79 Å². The number of hydrogen-bond donors (Lipinski definition) is 2. The van der Waals surface area contributed by atoms with Crippen molar-refractivity contribution < 1.29 is 32.1 Å². The van der Waals surface area contributed by atoms with Gasteiger partial charge < -0.3 is 29.2 Å². The number of aromatic amines is 1. The third-order valence-corrected chi connectivity index (χ3v) is 10.7. The first-order valence-electron chi connectivity index (χ1n) is 13.3. The lowest BCUT2D eigenvalue weighted by molar-refractivity contribution is -0.135. The molecule has 2 aromatic rings. The van der Waals surface area contributed by atoms with E-state index in [2.05, 4.69) is 20.0 Å². The van der Waals surface area contributed by atoms with Crippen LogP contribution in [-0.2, 0) is 28.7 Å². The summed E-state index contributed by atoms with van der Waals surface area (Å²) < 4.78 is 40.5. The Morgan fingerprint density at radius 1 is 1.18 bits per heavy atom. The van der Waals surface area contributed by atoms with E-state index in [1.165, 1.54) is 13.8 Å². The molecule has 40 heavy (non-hydrogen) atoms. The molecule has 1 aromatic heterocycles. The van der Waals surface area contributed by atoms with Gasteiger partial charge in [0.15, 0.2) is 9.84 Å². The Labute approximate surface area is 236 Å². The van der Waals surface area contributed by atoms with Gasteiger partial charge >= 0.3 is 13.2 Å². The van der Waals surface area contributed by atoms with E-state index in [4.69, 9.17) is 9.31 Å². The number of sulfone groups is 1. The maximum absolute atomic E-state index is 13.7. The van der Waals surface area contributed by atoms with Gasteiger partial charge in [-0.25, -0.2) is 18.2 Å². The monoisotopic (exact) mass is 574 g/mol. The molecule has 11 nitrogen and oxygen atoms in total. The number of alkyl carbamates (subject to hydrolysis) is 1. The third kappa shape index (κ3) is 5.51. The van der Waals surface area contributed by atoms with Crippen molar-refractivity contribution in [2.75, 3.05) is 19.9 Å². The molecule has 2 fully saturated rings. The first-order valence-corrected chi connectivity index (χ1v) is 15.2. The predicted molar refractivity (Wildman–Crippen MR) is 152 cm³/mol. The number of hydrogen-bond acceptors (Lipinski definition) is 8. The summed E-state index contributed by atoms with van der Waals surface area (Å²) in [6.45, 7) is 11.3. The van der Waals surface area contributed by atoms with Crippen molar-refractivity contribution in [2.24, 2.45) is 0 Å². The molecule has 2 atom stereocenters. The van der Waals surface area contributed by atoms with Crippen molar-refractivity contribution >= 4 is 34.4 Å². The maximum atomic E-state index is 13.7. The lowest BCUT2D eigenvalue weighted by atomic mass is 9.79. The van der Waals surface area contributed by atoms with Gasteiger partial charge in [-0.3, -0.25) is 4.79 Å². The Bertz CT molecular complexity index is 1360. The quantitative estimate of drug-likeness (QED) is 0.481. The molecule has 3 heterocycles. The Kier molecular flexibility index (Phi) is 7.89. The number of H-pyrrole nitrogens is 1. The minimum absolute atomic E-state index is 0.400. The highest BCUT2D eigenvalue weighted by molar-refractivity contribution is 7.92. The van der Waals surface area contributed by atoms with Gasteiger partial charge in [-0.15, -0.1) is 0 Å². The molecule has 0 unspecified atom stereocenters. The molecule has 2 aliphatic heterocycles. The zero-order valence-electron chi connectivity index (χ0n) is 24.4. The number of ether oxygens (including phenoxy) is 1. The average Bonchev–Trinajstić information content (AvgIpc) is 3.59. The fourth-order valence-corrected chi connectivity index (χ4v) is 5.44. The van der Waals surface area contributed by atoms with E-state index in [1.54, 1.807) is 11.1 Å². The normalized spacial score (nSPS) is 21.4. The molecule has 218 valence electrons. The fraction of sp³-hybridized carbons (Fsp3) is 0.593. The van der Waals surface area contributed by atoms with E-state index in [1.807, 2.05) is 52.0 Å². The summed E-state index contributed by atoms with van der Waals surface area (Å²) in [5.41, 5.74) is 1.73. The maximum Gasteiger partial charge on any atom is 0.494 e. The number of aromatic nitrogens is 2. The minimum atomic E-state index is -3.73. The van der Waals surface area contributed by atoms with E-state index in [9.17, 15) is 18.0 Å². The predicted octanol–water partition coefficient (Wildman–Crippen LogP) is 2.59. The van der Waals surface area contributed by atoms with Gasteiger partial charge in [0.1, 0.15) is 11.9 Å². The highest BCUT2D eigenvalue weighted by atomic mass is 32.2. The van der Waals surface area contributed by atoms with E-state index in [0.717, 1.165) is 30.1 Å². The summed E-state index contributed by atoms with van der Waals surface area (Å²) in [6, 6.07) is 6.09. The number of amides is 2. The summed E-state index contributed by atoms with van der Waals surface area (Å²) in [6.07, 6.45) is 3.23. The van der Waals surface area contributed by atoms with Crippen LogP contribution in [0.3, 0.4) is 0 Å². The van der Waals surface area contributed by atoms with Crippen LogP contribution in [0.25, 0.3) is 11.3 Å². The largest absolute Gasteiger partial charge is 0.494 e. The molecule has 2 amide bonds. The van der Waals surface area contributed by atoms with Crippen LogP contribution in [0.15, 0.2) is 30.5 Å². The number of nitrogens with zero attached hydrogens (tertiary/aromatic N) is 2. The zero-order valence-corrected chi connectivity index (χ0v) is 25.2. The fourth-order valence-electron chi connectivity index (χ4n) is 4.86. The van der Waals surface area contributed by atoms with Gasteiger partial charge in [0, 0.05) is 12.8 Å². The van der Waals surface area contributed by atoms with Gasteiger partial charge in [-0.2, -0.15) is 0 Å². The second-order valence-corrected chi connectivity index (χ2v) is 14.6. The second kappa shape index (κ2) is 10.5. The molecule has 0 radical (unpaired) electrons. The van der Waals surface area contributed by atoms with Crippen molar-refractivity contribution in [1.29, 1.82) is 0 Å². The van der Waals surface area contributed by atoms with E-state index in [-0.39, 0.29) is 0 Å². The van der Waals surface area contributed by atoms with Gasteiger partial charge in [0.05, 0.1) is 41.0 Å². The molecule has 0 spiro atoms. The molecular weight excluding hydrogens is 535 g/mol. The van der Waals surface area contributed by atoms with Crippen molar-refractivity contribution in [2.45, 2.75) is 82.4 Å². The SMILES string of the molecule is COC(=O)N[C@@H](C(=O)N1CCC[C@H]1c1ncc(-c2ccc(B3OC(C)(C)C(C)(C)O3)cc2)[nH]1)C(C)(C)S(C)(=O)=O. The molecule has 0 saturated carbocycles. The Hall–Kier alpha value is -2.90. The Balaban J connectivity index is 1.54. The number of benzene rings is 1. The van der Waals surface area contributed by atoms with Crippen LogP contribution in [0, 0.1) is 0 Å². The number of rotatable bonds is 7. The molecule has 4 rings (SSSR count).